The molecule has 38 heavy (non-hydrogen) atoms. The maximum absolute atomic E-state index is 13.8. The van der Waals surface area contributed by atoms with Crippen molar-refractivity contribution >= 4 is 21.8 Å². The number of carbonyl (C=O) groups is 1. The van der Waals surface area contributed by atoms with Gasteiger partial charge in [0.1, 0.15) is 16.8 Å². The van der Waals surface area contributed by atoms with E-state index in [1.165, 1.54) is 11.8 Å². The number of pyridine rings is 1. The molecule has 0 bridgehead atoms. The number of aromatic nitrogens is 5. The molecule has 0 aliphatic carbocycles. The SMILES string of the molecule is Cc1cc2ncnn2cc1C1CCN(S(=O)(=O)c2cnn(C)c2C2CCN(C(=O)OC(C)(C)C)CC2)CC1. The Balaban J connectivity index is 1.27. The number of hydrogen-bond donors (Lipinski definition) is 0. The van der Waals surface area contributed by atoms with Gasteiger partial charge in [-0.1, -0.05) is 0 Å². The molecule has 0 spiro atoms. The topological polar surface area (TPSA) is 115 Å². The van der Waals surface area contributed by atoms with E-state index in [-0.39, 0.29) is 22.8 Å². The van der Waals surface area contributed by atoms with Crippen LogP contribution in [0, 0.1) is 6.92 Å². The van der Waals surface area contributed by atoms with Gasteiger partial charge in [-0.3, -0.25) is 4.68 Å². The second-order valence-corrected chi connectivity index (χ2v) is 13.3. The molecule has 12 heteroatoms. The number of rotatable bonds is 4. The number of carbonyl (C=O) groups excluding carboxylic acids is 1. The van der Waals surface area contributed by atoms with Crippen LogP contribution < -0.4 is 0 Å². The maximum atomic E-state index is 13.8. The van der Waals surface area contributed by atoms with Crippen molar-refractivity contribution in [1.82, 2.24) is 33.6 Å². The summed E-state index contributed by atoms with van der Waals surface area (Å²) in [6, 6.07) is 2.03. The average Bonchev–Trinajstić information content (AvgIpc) is 3.49. The minimum Gasteiger partial charge on any atom is -0.444 e. The van der Waals surface area contributed by atoms with Gasteiger partial charge in [0.2, 0.25) is 10.0 Å². The minimum atomic E-state index is -3.70. The van der Waals surface area contributed by atoms with Crippen molar-refractivity contribution in [2.24, 2.45) is 7.05 Å². The van der Waals surface area contributed by atoms with Crippen LogP contribution in [0.15, 0.2) is 29.7 Å². The van der Waals surface area contributed by atoms with Gasteiger partial charge >= 0.3 is 6.09 Å². The predicted molar refractivity (Wildman–Crippen MR) is 141 cm³/mol. The molecule has 0 saturated carbocycles. The summed E-state index contributed by atoms with van der Waals surface area (Å²) in [6.07, 6.45) is 7.53. The molecule has 3 aromatic rings. The van der Waals surface area contributed by atoms with Gasteiger partial charge in [0, 0.05) is 45.3 Å². The van der Waals surface area contributed by atoms with E-state index in [4.69, 9.17) is 4.74 Å². The minimum absolute atomic E-state index is 0.000517. The normalized spacial score (nSPS) is 18.8. The van der Waals surface area contributed by atoms with Crippen molar-refractivity contribution < 1.29 is 17.9 Å². The zero-order chi connectivity index (χ0) is 27.2. The molecule has 2 aliphatic heterocycles. The highest BCUT2D eigenvalue weighted by Crippen LogP contribution is 2.36. The Hall–Kier alpha value is -2.99. The number of nitrogens with zero attached hydrogens (tertiary/aromatic N) is 7. The molecule has 0 N–H and O–H groups in total. The van der Waals surface area contributed by atoms with Crippen molar-refractivity contribution in [3.8, 4) is 0 Å². The van der Waals surface area contributed by atoms with Crippen LogP contribution in [0.2, 0.25) is 0 Å². The number of likely N-dealkylation sites (tertiary alicyclic amines) is 1. The first-order valence-electron chi connectivity index (χ1n) is 13.2. The van der Waals surface area contributed by atoms with E-state index in [0.29, 0.717) is 39.0 Å². The van der Waals surface area contributed by atoms with Crippen LogP contribution in [0.25, 0.3) is 5.65 Å². The van der Waals surface area contributed by atoms with E-state index >= 15 is 0 Å². The first-order chi connectivity index (χ1) is 17.9. The molecule has 5 heterocycles. The number of hydrogen-bond acceptors (Lipinski definition) is 7. The molecule has 2 aliphatic rings. The van der Waals surface area contributed by atoms with E-state index in [2.05, 4.69) is 22.1 Å². The summed E-state index contributed by atoms with van der Waals surface area (Å²) < 4.78 is 38.2. The third-order valence-corrected chi connectivity index (χ3v) is 9.57. The molecule has 0 atom stereocenters. The second kappa shape index (κ2) is 9.96. The first kappa shape index (κ1) is 26.6. The zero-order valence-corrected chi connectivity index (χ0v) is 23.6. The van der Waals surface area contributed by atoms with Gasteiger partial charge in [-0.25, -0.2) is 22.7 Å². The molecule has 0 radical (unpaired) electrons. The van der Waals surface area contributed by atoms with Gasteiger partial charge in [0.25, 0.3) is 0 Å². The zero-order valence-electron chi connectivity index (χ0n) is 22.8. The monoisotopic (exact) mass is 543 g/mol. The Morgan fingerprint density at radius 1 is 1.03 bits per heavy atom. The van der Waals surface area contributed by atoms with Gasteiger partial charge in [-0.2, -0.15) is 14.5 Å². The molecule has 0 aromatic carbocycles. The van der Waals surface area contributed by atoms with E-state index in [1.807, 2.05) is 33.0 Å². The molecule has 0 unspecified atom stereocenters. The summed E-state index contributed by atoms with van der Waals surface area (Å²) in [5, 5.41) is 8.60. The third-order valence-electron chi connectivity index (χ3n) is 7.66. The Kier molecular flexibility index (Phi) is 6.97. The molecule has 5 rings (SSSR count). The number of piperidine rings is 2. The second-order valence-electron chi connectivity index (χ2n) is 11.4. The lowest BCUT2D eigenvalue weighted by Gasteiger charge is -2.34. The Morgan fingerprint density at radius 2 is 1.68 bits per heavy atom. The number of amides is 1. The Morgan fingerprint density at radius 3 is 2.34 bits per heavy atom. The van der Waals surface area contributed by atoms with Gasteiger partial charge in [-0.05, 0) is 76.5 Å². The van der Waals surface area contributed by atoms with Crippen molar-refractivity contribution in [1.29, 1.82) is 0 Å². The quantitative estimate of drug-likeness (QED) is 0.495. The molecule has 1 amide bonds. The van der Waals surface area contributed by atoms with Crippen LogP contribution in [0.5, 0.6) is 0 Å². The lowest BCUT2D eigenvalue weighted by atomic mass is 9.89. The highest BCUT2D eigenvalue weighted by Gasteiger charge is 2.37. The van der Waals surface area contributed by atoms with Crippen molar-refractivity contribution in [2.75, 3.05) is 26.2 Å². The molecule has 2 saturated heterocycles. The number of aryl methyl sites for hydroxylation is 2. The largest absolute Gasteiger partial charge is 0.444 e. The van der Waals surface area contributed by atoms with Crippen molar-refractivity contribution in [3.63, 3.8) is 0 Å². The van der Waals surface area contributed by atoms with Crippen LogP contribution in [0.1, 0.15) is 75.1 Å². The van der Waals surface area contributed by atoms with Crippen LogP contribution >= 0.6 is 0 Å². The van der Waals surface area contributed by atoms with E-state index in [0.717, 1.165) is 29.7 Å². The smallest absolute Gasteiger partial charge is 0.410 e. The van der Waals surface area contributed by atoms with Crippen molar-refractivity contribution in [3.05, 3.63) is 41.6 Å². The van der Waals surface area contributed by atoms with Crippen LogP contribution in [-0.4, -0.2) is 79.9 Å². The molecular weight excluding hydrogens is 506 g/mol. The van der Waals surface area contributed by atoms with Gasteiger partial charge < -0.3 is 9.64 Å². The number of fused-ring (bicyclic) bond motifs is 1. The predicted octanol–water partition coefficient (Wildman–Crippen LogP) is 3.45. The summed E-state index contributed by atoms with van der Waals surface area (Å²) in [4.78, 5) is 18.7. The first-order valence-corrected chi connectivity index (χ1v) is 14.7. The van der Waals surface area contributed by atoms with Crippen molar-refractivity contribution in [2.45, 2.75) is 75.7 Å². The maximum Gasteiger partial charge on any atom is 0.410 e. The van der Waals surface area contributed by atoms with E-state index in [1.54, 1.807) is 31.8 Å². The molecule has 2 fully saturated rings. The fraction of sp³-hybridized carbons (Fsp3) is 0.615. The Bertz CT molecular complexity index is 1420. The van der Waals surface area contributed by atoms with Gasteiger partial charge in [0.15, 0.2) is 5.65 Å². The summed E-state index contributed by atoms with van der Waals surface area (Å²) in [5.41, 5.74) is 3.33. The highest BCUT2D eigenvalue weighted by molar-refractivity contribution is 7.89. The fourth-order valence-corrected chi connectivity index (χ4v) is 7.41. The summed E-state index contributed by atoms with van der Waals surface area (Å²) in [5.74, 6) is 0.265. The summed E-state index contributed by atoms with van der Waals surface area (Å²) >= 11 is 0. The fourth-order valence-electron chi connectivity index (χ4n) is 5.70. The summed E-state index contributed by atoms with van der Waals surface area (Å²) in [7, 11) is -1.90. The molecule has 206 valence electrons. The lowest BCUT2D eigenvalue weighted by molar-refractivity contribution is 0.0202. The molecule has 3 aromatic heterocycles. The van der Waals surface area contributed by atoms with E-state index in [9.17, 15) is 13.2 Å². The van der Waals surface area contributed by atoms with E-state index < -0.39 is 15.6 Å². The average molecular weight is 544 g/mol. The lowest BCUT2D eigenvalue weighted by Crippen LogP contribution is -2.42. The third kappa shape index (κ3) is 5.15. The number of ether oxygens (including phenoxy) is 1. The number of sulfonamides is 1. The highest BCUT2D eigenvalue weighted by atomic mass is 32.2. The molecule has 11 nitrogen and oxygen atoms in total. The van der Waals surface area contributed by atoms with Crippen LogP contribution in [0.4, 0.5) is 4.79 Å². The van der Waals surface area contributed by atoms with Crippen LogP contribution in [0.3, 0.4) is 0 Å². The Labute approximate surface area is 223 Å². The van der Waals surface area contributed by atoms with Gasteiger partial charge in [-0.15, -0.1) is 0 Å². The standard InChI is InChI=1S/C26H37N7O4S/c1-18-14-23-27-17-29-33(23)16-21(18)19-8-12-32(13-9-19)38(35,36)22-15-28-30(5)24(22)20-6-10-31(11-7-20)25(34)37-26(2,3)4/h14-17,19-20H,6-13H2,1-5H3. The van der Waals surface area contributed by atoms with Gasteiger partial charge in [0.05, 0.1) is 11.9 Å². The summed E-state index contributed by atoms with van der Waals surface area (Å²) in [6.45, 7) is 9.57. The molecular formula is C26H37N7O4S. The van der Waals surface area contributed by atoms with Crippen LogP contribution in [-0.2, 0) is 21.8 Å².